The SMILES string of the molecule is COC(C)(C)CCN1CCN(CC(N)=NO)CC1. The fourth-order valence-electron chi connectivity index (χ4n) is 1.96. The largest absolute Gasteiger partial charge is 0.409 e. The van der Waals surface area contributed by atoms with Gasteiger partial charge in [0, 0.05) is 39.8 Å². The maximum atomic E-state index is 8.53. The fraction of sp³-hybridized carbons (Fsp3) is 0.917. The molecular weight excluding hydrogens is 232 g/mol. The number of hydrogen-bond donors (Lipinski definition) is 2. The first kappa shape index (κ1) is 15.2. The number of hydrogen-bond acceptors (Lipinski definition) is 5. The van der Waals surface area contributed by atoms with Gasteiger partial charge in [-0.25, -0.2) is 0 Å². The topological polar surface area (TPSA) is 74.3 Å². The van der Waals surface area contributed by atoms with Gasteiger partial charge in [-0.2, -0.15) is 0 Å². The highest BCUT2D eigenvalue weighted by atomic mass is 16.5. The van der Waals surface area contributed by atoms with Gasteiger partial charge in [-0.3, -0.25) is 4.90 Å². The van der Waals surface area contributed by atoms with Crippen LogP contribution in [0.3, 0.4) is 0 Å². The second kappa shape index (κ2) is 6.92. The standard InChI is InChI=1S/C12H26N4O2/c1-12(2,18-3)4-5-15-6-8-16(9-7-15)10-11(13)14-17/h17H,4-10H2,1-3H3,(H2,13,14). The van der Waals surface area contributed by atoms with Gasteiger partial charge in [0.2, 0.25) is 0 Å². The van der Waals surface area contributed by atoms with Crippen molar-refractivity contribution >= 4 is 5.84 Å². The molecule has 1 rings (SSSR count). The molecular formula is C12H26N4O2. The van der Waals surface area contributed by atoms with Crippen LogP contribution < -0.4 is 5.73 Å². The number of ether oxygens (including phenoxy) is 1. The molecule has 6 nitrogen and oxygen atoms in total. The number of methoxy groups -OCH3 is 1. The lowest BCUT2D eigenvalue weighted by Crippen LogP contribution is -2.49. The van der Waals surface area contributed by atoms with E-state index in [4.69, 9.17) is 15.7 Å². The summed E-state index contributed by atoms with van der Waals surface area (Å²) in [6.07, 6.45) is 1.03. The van der Waals surface area contributed by atoms with Gasteiger partial charge in [0.05, 0.1) is 12.1 Å². The average Bonchev–Trinajstić information content (AvgIpc) is 2.38. The molecule has 18 heavy (non-hydrogen) atoms. The van der Waals surface area contributed by atoms with E-state index in [1.54, 1.807) is 7.11 Å². The molecule has 0 aliphatic carbocycles. The highest BCUT2D eigenvalue weighted by Gasteiger charge is 2.21. The third-order valence-electron chi connectivity index (χ3n) is 3.56. The molecule has 6 heteroatoms. The van der Waals surface area contributed by atoms with Gasteiger partial charge in [0.1, 0.15) is 0 Å². The van der Waals surface area contributed by atoms with Crippen molar-refractivity contribution in [2.24, 2.45) is 10.9 Å². The van der Waals surface area contributed by atoms with Crippen LogP contribution in [0.5, 0.6) is 0 Å². The fourth-order valence-corrected chi connectivity index (χ4v) is 1.96. The Bertz CT molecular complexity index is 273. The first-order chi connectivity index (χ1) is 8.46. The van der Waals surface area contributed by atoms with Crippen molar-refractivity contribution in [3.05, 3.63) is 0 Å². The van der Waals surface area contributed by atoms with E-state index in [1.165, 1.54) is 0 Å². The van der Waals surface area contributed by atoms with Crippen LogP contribution in [0.15, 0.2) is 5.16 Å². The van der Waals surface area contributed by atoms with Gasteiger partial charge in [-0.15, -0.1) is 0 Å². The van der Waals surface area contributed by atoms with Crippen molar-refractivity contribution in [3.8, 4) is 0 Å². The Labute approximate surface area is 109 Å². The first-order valence-electron chi connectivity index (χ1n) is 6.43. The Balaban J connectivity index is 2.23. The highest BCUT2D eigenvalue weighted by Crippen LogP contribution is 2.14. The van der Waals surface area contributed by atoms with Crippen LogP contribution in [0.25, 0.3) is 0 Å². The van der Waals surface area contributed by atoms with Crippen LogP contribution >= 0.6 is 0 Å². The van der Waals surface area contributed by atoms with Crippen molar-refractivity contribution in [3.63, 3.8) is 0 Å². The summed E-state index contributed by atoms with van der Waals surface area (Å²) in [5, 5.41) is 11.5. The third-order valence-corrected chi connectivity index (χ3v) is 3.56. The molecule has 0 unspecified atom stereocenters. The van der Waals surface area contributed by atoms with Crippen molar-refractivity contribution in [1.82, 2.24) is 9.80 Å². The summed E-state index contributed by atoms with van der Waals surface area (Å²) in [7, 11) is 1.76. The maximum Gasteiger partial charge on any atom is 0.153 e. The predicted molar refractivity (Wildman–Crippen MR) is 72.0 cm³/mol. The van der Waals surface area contributed by atoms with E-state index in [0.29, 0.717) is 6.54 Å². The molecule has 0 atom stereocenters. The number of piperazine rings is 1. The molecule has 0 saturated carbocycles. The molecule has 0 bridgehead atoms. The molecule has 106 valence electrons. The summed E-state index contributed by atoms with van der Waals surface area (Å²) in [5.41, 5.74) is 5.45. The van der Waals surface area contributed by atoms with E-state index in [0.717, 1.165) is 39.1 Å². The van der Waals surface area contributed by atoms with Crippen LogP contribution in [0, 0.1) is 0 Å². The maximum absolute atomic E-state index is 8.53. The molecule has 1 fully saturated rings. The average molecular weight is 258 g/mol. The monoisotopic (exact) mass is 258 g/mol. The Morgan fingerprint density at radius 1 is 1.28 bits per heavy atom. The zero-order chi connectivity index (χ0) is 13.6. The molecule has 0 spiro atoms. The Morgan fingerprint density at radius 3 is 2.33 bits per heavy atom. The summed E-state index contributed by atoms with van der Waals surface area (Å²) >= 11 is 0. The number of nitrogens with two attached hydrogens (primary N) is 1. The summed E-state index contributed by atoms with van der Waals surface area (Å²) in [4.78, 5) is 4.64. The van der Waals surface area contributed by atoms with Crippen LogP contribution in [-0.2, 0) is 4.74 Å². The van der Waals surface area contributed by atoms with E-state index in [1.807, 2.05) is 0 Å². The van der Waals surface area contributed by atoms with Crippen molar-refractivity contribution < 1.29 is 9.94 Å². The van der Waals surface area contributed by atoms with E-state index in [-0.39, 0.29) is 11.4 Å². The molecule has 1 saturated heterocycles. The molecule has 1 heterocycles. The van der Waals surface area contributed by atoms with Gasteiger partial charge in [-0.05, 0) is 20.3 Å². The van der Waals surface area contributed by atoms with E-state index in [9.17, 15) is 0 Å². The van der Waals surface area contributed by atoms with Crippen molar-refractivity contribution in [2.75, 3.05) is 46.4 Å². The lowest BCUT2D eigenvalue weighted by molar-refractivity contribution is 0.00380. The lowest BCUT2D eigenvalue weighted by Gasteiger charge is -2.35. The van der Waals surface area contributed by atoms with Crippen LogP contribution in [-0.4, -0.2) is 72.8 Å². The Hall–Kier alpha value is -0.850. The molecule has 1 aliphatic rings. The van der Waals surface area contributed by atoms with Crippen molar-refractivity contribution in [1.29, 1.82) is 0 Å². The second-order valence-electron chi connectivity index (χ2n) is 5.42. The zero-order valence-electron chi connectivity index (χ0n) is 11.7. The minimum absolute atomic E-state index is 0.0505. The molecule has 0 radical (unpaired) electrons. The highest BCUT2D eigenvalue weighted by molar-refractivity contribution is 5.81. The third kappa shape index (κ3) is 5.20. The molecule has 0 aromatic rings. The molecule has 3 N–H and O–H groups in total. The Morgan fingerprint density at radius 2 is 1.83 bits per heavy atom. The van der Waals surface area contributed by atoms with Gasteiger partial charge in [0.15, 0.2) is 5.84 Å². The van der Waals surface area contributed by atoms with Crippen molar-refractivity contribution in [2.45, 2.75) is 25.9 Å². The summed E-state index contributed by atoms with van der Waals surface area (Å²) < 4.78 is 5.42. The number of amidine groups is 1. The summed E-state index contributed by atoms with van der Waals surface area (Å²) in [6, 6.07) is 0. The van der Waals surface area contributed by atoms with Gasteiger partial charge >= 0.3 is 0 Å². The Kier molecular flexibility index (Phi) is 5.84. The smallest absolute Gasteiger partial charge is 0.153 e. The van der Waals surface area contributed by atoms with Gasteiger partial charge < -0.3 is 20.6 Å². The second-order valence-corrected chi connectivity index (χ2v) is 5.42. The summed E-state index contributed by atoms with van der Waals surface area (Å²) in [6.45, 7) is 9.81. The van der Waals surface area contributed by atoms with Crippen LogP contribution in [0.4, 0.5) is 0 Å². The molecule has 0 aromatic heterocycles. The van der Waals surface area contributed by atoms with E-state index < -0.39 is 0 Å². The van der Waals surface area contributed by atoms with Gasteiger partial charge in [0.25, 0.3) is 0 Å². The first-order valence-corrected chi connectivity index (χ1v) is 6.43. The minimum Gasteiger partial charge on any atom is -0.409 e. The predicted octanol–water partition coefficient (Wildman–Crippen LogP) is 0.166. The van der Waals surface area contributed by atoms with E-state index >= 15 is 0 Å². The van der Waals surface area contributed by atoms with E-state index in [2.05, 4.69) is 28.8 Å². The van der Waals surface area contributed by atoms with Crippen LogP contribution in [0.1, 0.15) is 20.3 Å². The quantitative estimate of drug-likeness (QED) is 0.307. The minimum atomic E-state index is -0.0505. The normalized spacial score (nSPS) is 20.3. The van der Waals surface area contributed by atoms with Crippen LogP contribution in [0.2, 0.25) is 0 Å². The number of rotatable bonds is 6. The summed E-state index contributed by atoms with van der Waals surface area (Å²) in [5.74, 6) is 0.281. The number of nitrogens with zero attached hydrogens (tertiary/aromatic N) is 3. The number of oxime groups is 1. The molecule has 1 aliphatic heterocycles. The molecule has 0 aromatic carbocycles. The van der Waals surface area contributed by atoms with Gasteiger partial charge in [-0.1, -0.05) is 5.16 Å². The lowest BCUT2D eigenvalue weighted by atomic mass is 10.0. The zero-order valence-corrected chi connectivity index (χ0v) is 11.7. The molecule has 0 amide bonds.